The van der Waals surface area contributed by atoms with Crippen LogP contribution in [0, 0.1) is 5.92 Å². The number of hydrogen-bond acceptors (Lipinski definition) is 2. The van der Waals surface area contributed by atoms with Gasteiger partial charge in [-0.15, -0.1) is 0 Å². The molecule has 0 saturated carbocycles. The summed E-state index contributed by atoms with van der Waals surface area (Å²) in [5.41, 5.74) is 1.30. The predicted octanol–water partition coefficient (Wildman–Crippen LogP) is 6.99. The van der Waals surface area contributed by atoms with Crippen LogP contribution in [0.3, 0.4) is 0 Å². The lowest BCUT2D eigenvalue weighted by atomic mass is 9.90. The Bertz CT molecular complexity index is 647. The SMILES string of the molecule is CCCC(CC)COc1ccc(C(C)(S)CCC)c2ccccc12. The van der Waals surface area contributed by atoms with Crippen LogP contribution in [-0.4, -0.2) is 6.61 Å². The Morgan fingerprint density at radius 3 is 2.33 bits per heavy atom. The van der Waals surface area contributed by atoms with Crippen molar-refractivity contribution in [3.8, 4) is 5.75 Å². The normalized spacial score (nSPS) is 15.2. The minimum Gasteiger partial charge on any atom is -0.493 e. The molecule has 1 nitrogen and oxygen atoms in total. The average Bonchev–Trinajstić information content (AvgIpc) is 2.58. The van der Waals surface area contributed by atoms with Gasteiger partial charge in [0.1, 0.15) is 5.75 Å². The topological polar surface area (TPSA) is 9.23 Å². The van der Waals surface area contributed by atoms with E-state index in [9.17, 15) is 0 Å². The zero-order valence-electron chi connectivity index (χ0n) is 15.6. The van der Waals surface area contributed by atoms with Crippen LogP contribution in [0.2, 0.25) is 0 Å². The fraction of sp³-hybridized carbons (Fsp3) is 0.545. The van der Waals surface area contributed by atoms with Crippen LogP contribution in [0.15, 0.2) is 36.4 Å². The fourth-order valence-electron chi connectivity index (χ4n) is 3.51. The molecule has 132 valence electrons. The van der Waals surface area contributed by atoms with E-state index in [0.717, 1.165) is 25.2 Å². The smallest absolute Gasteiger partial charge is 0.127 e. The molecule has 0 N–H and O–H groups in total. The number of fused-ring (bicyclic) bond motifs is 1. The molecule has 0 aliphatic heterocycles. The molecule has 2 atom stereocenters. The summed E-state index contributed by atoms with van der Waals surface area (Å²) in [4.78, 5) is 0. The molecule has 0 fully saturated rings. The van der Waals surface area contributed by atoms with Gasteiger partial charge in [-0.2, -0.15) is 12.6 Å². The largest absolute Gasteiger partial charge is 0.493 e. The van der Waals surface area contributed by atoms with Crippen molar-refractivity contribution < 1.29 is 4.74 Å². The van der Waals surface area contributed by atoms with Gasteiger partial charge < -0.3 is 4.74 Å². The molecule has 0 amide bonds. The molecule has 2 aromatic carbocycles. The van der Waals surface area contributed by atoms with E-state index < -0.39 is 0 Å². The predicted molar refractivity (Wildman–Crippen MR) is 109 cm³/mol. The first-order chi connectivity index (χ1) is 11.5. The molecule has 2 aromatic rings. The molecule has 0 spiro atoms. The molecular weight excluding hydrogens is 312 g/mol. The van der Waals surface area contributed by atoms with E-state index in [1.165, 1.54) is 35.6 Å². The standard InChI is InChI=1S/C22H32OS/c1-5-10-17(7-3)16-23-21-14-13-20(22(4,24)15-6-2)18-11-8-9-12-19(18)21/h8-9,11-14,17,24H,5-7,10,15-16H2,1-4H3. The maximum atomic E-state index is 6.23. The number of rotatable bonds is 9. The Morgan fingerprint density at radius 2 is 1.71 bits per heavy atom. The highest BCUT2D eigenvalue weighted by molar-refractivity contribution is 7.81. The Balaban J connectivity index is 2.34. The van der Waals surface area contributed by atoms with Crippen LogP contribution in [0.5, 0.6) is 5.75 Å². The summed E-state index contributed by atoms with van der Waals surface area (Å²) in [5.74, 6) is 1.65. The van der Waals surface area contributed by atoms with Gasteiger partial charge in [0, 0.05) is 10.1 Å². The molecule has 0 aliphatic rings. The van der Waals surface area contributed by atoms with Crippen molar-refractivity contribution in [2.45, 2.75) is 64.5 Å². The molecule has 0 bridgehead atoms. The van der Waals surface area contributed by atoms with Crippen molar-refractivity contribution >= 4 is 23.4 Å². The van der Waals surface area contributed by atoms with Gasteiger partial charge in [0.2, 0.25) is 0 Å². The van der Waals surface area contributed by atoms with Crippen LogP contribution < -0.4 is 4.74 Å². The molecule has 0 aromatic heterocycles. The Labute approximate surface area is 153 Å². The lowest BCUT2D eigenvalue weighted by Gasteiger charge is -2.26. The van der Waals surface area contributed by atoms with Gasteiger partial charge in [-0.05, 0) is 42.7 Å². The van der Waals surface area contributed by atoms with Gasteiger partial charge in [0.25, 0.3) is 0 Å². The van der Waals surface area contributed by atoms with Crippen LogP contribution in [0.4, 0.5) is 0 Å². The highest BCUT2D eigenvalue weighted by Crippen LogP contribution is 2.40. The van der Waals surface area contributed by atoms with Crippen LogP contribution in [0.25, 0.3) is 10.8 Å². The molecule has 2 rings (SSSR count). The molecule has 2 heteroatoms. The molecule has 0 aliphatic carbocycles. The summed E-state index contributed by atoms with van der Waals surface area (Å²) in [6.07, 6.45) is 5.82. The van der Waals surface area contributed by atoms with Gasteiger partial charge in [-0.1, -0.05) is 70.4 Å². The Morgan fingerprint density at radius 1 is 1.00 bits per heavy atom. The second-order valence-electron chi connectivity index (χ2n) is 7.05. The van der Waals surface area contributed by atoms with Crippen molar-refractivity contribution in [3.05, 3.63) is 42.0 Å². The highest BCUT2D eigenvalue weighted by atomic mass is 32.1. The van der Waals surface area contributed by atoms with E-state index in [2.05, 4.69) is 64.1 Å². The number of thiol groups is 1. The van der Waals surface area contributed by atoms with Gasteiger partial charge >= 0.3 is 0 Å². The maximum absolute atomic E-state index is 6.23. The quantitative estimate of drug-likeness (QED) is 0.482. The third-order valence-electron chi connectivity index (χ3n) is 4.95. The number of benzene rings is 2. The second-order valence-corrected chi connectivity index (χ2v) is 8.04. The fourth-order valence-corrected chi connectivity index (χ4v) is 3.93. The monoisotopic (exact) mass is 344 g/mol. The zero-order chi connectivity index (χ0) is 17.6. The second kappa shape index (κ2) is 8.80. The van der Waals surface area contributed by atoms with Gasteiger partial charge in [-0.25, -0.2) is 0 Å². The van der Waals surface area contributed by atoms with Crippen molar-refractivity contribution in [1.29, 1.82) is 0 Å². The van der Waals surface area contributed by atoms with Crippen molar-refractivity contribution in [2.24, 2.45) is 5.92 Å². The Hall–Kier alpha value is -1.15. The van der Waals surface area contributed by atoms with Crippen LogP contribution in [0.1, 0.15) is 65.4 Å². The van der Waals surface area contributed by atoms with E-state index >= 15 is 0 Å². The molecule has 2 unspecified atom stereocenters. The van der Waals surface area contributed by atoms with Crippen molar-refractivity contribution in [3.63, 3.8) is 0 Å². The molecule has 24 heavy (non-hydrogen) atoms. The summed E-state index contributed by atoms with van der Waals surface area (Å²) < 4.78 is 6.12. The van der Waals surface area contributed by atoms with E-state index in [4.69, 9.17) is 17.4 Å². The lowest BCUT2D eigenvalue weighted by molar-refractivity contribution is 0.237. The zero-order valence-corrected chi connectivity index (χ0v) is 16.5. The van der Waals surface area contributed by atoms with Crippen LogP contribution in [-0.2, 0) is 4.75 Å². The summed E-state index contributed by atoms with van der Waals surface area (Å²) in [5, 5.41) is 2.47. The minimum absolute atomic E-state index is 0.110. The van der Waals surface area contributed by atoms with Gasteiger partial charge in [0.05, 0.1) is 6.61 Å². The average molecular weight is 345 g/mol. The van der Waals surface area contributed by atoms with E-state index in [0.29, 0.717) is 5.92 Å². The third kappa shape index (κ3) is 4.47. The maximum Gasteiger partial charge on any atom is 0.127 e. The first-order valence-corrected chi connectivity index (χ1v) is 9.85. The molecule has 0 heterocycles. The lowest BCUT2D eigenvalue weighted by Crippen LogP contribution is -2.15. The molecule has 0 saturated heterocycles. The summed E-state index contributed by atoms with van der Waals surface area (Å²) in [6, 6.07) is 12.9. The number of hydrogen-bond donors (Lipinski definition) is 1. The minimum atomic E-state index is -0.110. The summed E-state index contributed by atoms with van der Waals surface area (Å²) >= 11 is 4.95. The summed E-state index contributed by atoms with van der Waals surface area (Å²) in [6.45, 7) is 9.74. The van der Waals surface area contributed by atoms with E-state index in [1.54, 1.807) is 0 Å². The summed E-state index contributed by atoms with van der Waals surface area (Å²) in [7, 11) is 0. The third-order valence-corrected chi connectivity index (χ3v) is 5.41. The van der Waals surface area contributed by atoms with Gasteiger partial charge in [-0.3, -0.25) is 0 Å². The number of ether oxygens (including phenoxy) is 1. The van der Waals surface area contributed by atoms with E-state index in [1.807, 2.05) is 0 Å². The van der Waals surface area contributed by atoms with Crippen molar-refractivity contribution in [1.82, 2.24) is 0 Å². The van der Waals surface area contributed by atoms with E-state index in [-0.39, 0.29) is 4.75 Å². The van der Waals surface area contributed by atoms with Crippen molar-refractivity contribution in [2.75, 3.05) is 6.61 Å². The van der Waals surface area contributed by atoms with Crippen LogP contribution >= 0.6 is 12.6 Å². The molecule has 0 radical (unpaired) electrons. The molecular formula is C22H32OS. The highest BCUT2D eigenvalue weighted by Gasteiger charge is 2.23. The first-order valence-electron chi connectivity index (χ1n) is 9.40. The first kappa shape index (κ1) is 19.2. The van der Waals surface area contributed by atoms with Gasteiger partial charge in [0.15, 0.2) is 0 Å². The Kier molecular flexibility index (Phi) is 7.03.